The SMILES string of the molecule is c1ccc(-c2nc(-c3ccccc3-n3c(-c4ccccc4)nc4ccccc43)nc(-[n+]3ccccc3)n2)cc1. The Balaban J connectivity index is 1.50. The molecule has 0 aliphatic rings. The number of benzene rings is 4. The first-order valence-corrected chi connectivity index (χ1v) is 12.8. The van der Waals surface area contributed by atoms with Crippen LogP contribution in [0, 0.1) is 0 Å². The summed E-state index contributed by atoms with van der Waals surface area (Å²) in [6.07, 6.45) is 3.88. The molecule has 0 N–H and O–H groups in total. The van der Waals surface area contributed by atoms with Crippen LogP contribution in [-0.2, 0) is 0 Å². The highest BCUT2D eigenvalue weighted by Gasteiger charge is 2.24. The molecule has 0 saturated heterocycles. The number of rotatable bonds is 5. The van der Waals surface area contributed by atoms with E-state index >= 15 is 0 Å². The molecule has 0 aliphatic carbocycles. The van der Waals surface area contributed by atoms with Crippen LogP contribution in [0.25, 0.3) is 56.8 Å². The topological polar surface area (TPSA) is 60.4 Å². The Morgan fingerprint density at radius 3 is 1.90 bits per heavy atom. The summed E-state index contributed by atoms with van der Waals surface area (Å²) in [5.41, 5.74) is 5.72. The molecule has 39 heavy (non-hydrogen) atoms. The van der Waals surface area contributed by atoms with Crippen molar-refractivity contribution in [3.8, 4) is 45.8 Å². The van der Waals surface area contributed by atoms with Crippen LogP contribution in [0.5, 0.6) is 0 Å². The third-order valence-electron chi connectivity index (χ3n) is 6.58. The molecule has 0 fully saturated rings. The zero-order chi connectivity index (χ0) is 26.0. The molecule has 3 aromatic heterocycles. The van der Waals surface area contributed by atoms with Crippen LogP contribution < -0.4 is 4.57 Å². The van der Waals surface area contributed by atoms with Crippen molar-refractivity contribution >= 4 is 11.0 Å². The van der Waals surface area contributed by atoms with Gasteiger partial charge in [0.05, 0.1) is 34.7 Å². The van der Waals surface area contributed by atoms with Crippen molar-refractivity contribution in [3.05, 3.63) is 140 Å². The van der Waals surface area contributed by atoms with E-state index in [1.165, 1.54) is 0 Å². The minimum atomic E-state index is 0.549. The van der Waals surface area contributed by atoms with Gasteiger partial charge in [0.25, 0.3) is 0 Å². The molecule has 0 atom stereocenters. The van der Waals surface area contributed by atoms with E-state index in [0.717, 1.165) is 39.2 Å². The average Bonchev–Trinajstić information content (AvgIpc) is 3.42. The summed E-state index contributed by atoms with van der Waals surface area (Å²) in [7, 11) is 0. The smallest absolute Gasteiger partial charge is 0.292 e. The first-order valence-electron chi connectivity index (χ1n) is 12.8. The Hall–Kier alpha value is -5.49. The number of nitrogens with zero attached hydrogens (tertiary/aromatic N) is 6. The summed E-state index contributed by atoms with van der Waals surface area (Å²) < 4.78 is 4.10. The molecule has 0 unspecified atom stereocenters. The molecule has 0 radical (unpaired) electrons. The normalized spacial score (nSPS) is 11.1. The van der Waals surface area contributed by atoms with Gasteiger partial charge in [-0.15, -0.1) is 0 Å². The Morgan fingerprint density at radius 1 is 0.487 bits per heavy atom. The summed E-state index contributed by atoms with van der Waals surface area (Å²) in [5.74, 6) is 2.61. The van der Waals surface area contributed by atoms with Crippen molar-refractivity contribution in [2.45, 2.75) is 0 Å². The second kappa shape index (κ2) is 9.76. The van der Waals surface area contributed by atoms with E-state index in [-0.39, 0.29) is 0 Å². The molecule has 0 spiro atoms. The number of para-hydroxylation sites is 3. The zero-order valence-corrected chi connectivity index (χ0v) is 21.0. The van der Waals surface area contributed by atoms with Crippen LogP contribution in [-0.4, -0.2) is 24.5 Å². The van der Waals surface area contributed by atoms with Gasteiger partial charge < -0.3 is 0 Å². The van der Waals surface area contributed by atoms with Gasteiger partial charge in [-0.25, -0.2) is 9.55 Å². The Kier molecular flexibility index (Phi) is 5.68. The lowest BCUT2D eigenvalue weighted by Gasteiger charge is -2.13. The van der Waals surface area contributed by atoms with E-state index in [9.17, 15) is 0 Å². The molecular formula is C33H23N6+. The lowest BCUT2D eigenvalue weighted by Crippen LogP contribution is -2.32. The van der Waals surface area contributed by atoms with E-state index in [1.807, 2.05) is 114 Å². The highest BCUT2D eigenvalue weighted by Crippen LogP contribution is 2.33. The predicted octanol–water partition coefficient (Wildman–Crippen LogP) is 6.49. The van der Waals surface area contributed by atoms with Crippen molar-refractivity contribution in [2.24, 2.45) is 0 Å². The number of imidazole rings is 1. The number of hydrogen-bond donors (Lipinski definition) is 0. The molecule has 0 bridgehead atoms. The van der Waals surface area contributed by atoms with Crippen molar-refractivity contribution in [1.82, 2.24) is 24.5 Å². The van der Waals surface area contributed by atoms with E-state index in [4.69, 9.17) is 19.9 Å². The molecule has 7 aromatic rings. The highest BCUT2D eigenvalue weighted by molar-refractivity contribution is 5.85. The van der Waals surface area contributed by atoms with Gasteiger partial charge >= 0.3 is 5.95 Å². The Labute approximate surface area is 225 Å². The molecule has 6 heteroatoms. The number of fused-ring (bicyclic) bond motifs is 1. The fourth-order valence-electron chi connectivity index (χ4n) is 4.76. The van der Waals surface area contributed by atoms with Gasteiger partial charge in [-0.1, -0.05) is 78.9 Å². The van der Waals surface area contributed by atoms with Crippen molar-refractivity contribution < 1.29 is 4.57 Å². The molecule has 4 aromatic carbocycles. The molecule has 3 heterocycles. The van der Waals surface area contributed by atoms with Gasteiger partial charge in [-0.3, -0.25) is 4.57 Å². The van der Waals surface area contributed by atoms with Crippen LogP contribution in [0.2, 0.25) is 0 Å². The monoisotopic (exact) mass is 503 g/mol. The van der Waals surface area contributed by atoms with Gasteiger partial charge in [-0.2, -0.15) is 4.98 Å². The second-order valence-corrected chi connectivity index (χ2v) is 9.07. The third-order valence-corrected chi connectivity index (χ3v) is 6.58. The van der Waals surface area contributed by atoms with Crippen LogP contribution in [0.15, 0.2) is 140 Å². The van der Waals surface area contributed by atoms with Gasteiger partial charge in [0, 0.05) is 11.1 Å². The minimum absolute atomic E-state index is 0.549. The van der Waals surface area contributed by atoms with E-state index in [1.54, 1.807) is 0 Å². The van der Waals surface area contributed by atoms with Gasteiger partial charge in [0.2, 0.25) is 11.6 Å². The lowest BCUT2D eigenvalue weighted by atomic mass is 10.1. The fourth-order valence-corrected chi connectivity index (χ4v) is 4.76. The maximum absolute atomic E-state index is 5.03. The summed E-state index contributed by atoms with van der Waals surface area (Å²) in [4.78, 5) is 19.8. The maximum Gasteiger partial charge on any atom is 0.441 e. The van der Waals surface area contributed by atoms with Crippen molar-refractivity contribution in [1.29, 1.82) is 0 Å². The number of hydrogen-bond acceptors (Lipinski definition) is 4. The highest BCUT2D eigenvalue weighted by atomic mass is 15.2. The van der Waals surface area contributed by atoms with Crippen molar-refractivity contribution in [3.63, 3.8) is 0 Å². The summed E-state index contributed by atoms with van der Waals surface area (Å²) in [6, 6.07) is 42.6. The van der Waals surface area contributed by atoms with Crippen molar-refractivity contribution in [2.75, 3.05) is 0 Å². The molecule has 0 saturated carbocycles. The molecule has 0 aliphatic heterocycles. The molecule has 0 amide bonds. The number of aromatic nitrogens is 6. The summed E-state index contributed by atoms with van der Waals surface area (Å²) in [6.45, 7) is 0. The van der Waals surface area contributed by atoms with Gasteiger partial charge in [-0.05, 0) is 58.5 Å². The maximum atomic E-state index is 5.03. The fraction of sp³-hybridized carbons (Fsp3) is 0. The predicted molar refractivity (Wildman–Crippen MR) is 152 cm³/mol. The second-order valence-electron chi connectivity index (χ2n) is 9.07. The number of pyridine rings is 1. The molecule has 6 nitrogen and oxygen atoms in total. The lowest BCUT2D eigenvalue weighted by molar-refractivity contribution is -0.603. The molecule has 184 valence electrons. The third kappa shape index (κ3) is 4.24. The van der Waals surface area contributed by atoms with Crippen LogP contribution >= 0.6 is 0 Å². The Bertz CT molecular complexity index is 1840. The largest absolute Gasteiger partial charge is 0.441 e. The molecular weight excluding hydrogens is 480 g/mol. The Morgan fingerprint density at radius 2 is 1.10 bits per heavy atom. The first-order chi connectivity index (χ1) is 19.3. The van der Waals surface area contributed by atoms with Crippen LogP contribution in [0.1, 0.15) is 0 Å². The van der Waals surface area contributed by atoms with Gasteiger partial charge in [0.1, 0.15) is 5.82 Å². The average molecular weight is 504 g/mol. The summed E-state index contributed by atoms with van der Waals surface area (Å²) >= 11 is 0. The quantitative estimate of drug-likeness (QED) is 0.252. The van der Waals surface area contributed by atoms with E-state index in [0.29, 0.717) is 17.6 Å². The first kappa shape index (κ1) is 22.7. The minimum Gasteiger partial charge on any atom is -0.292 e. The molecule has 7 rings (SSSR count). The standard InChI is InChI=1S/C33H23N6/c1-4-14-24(15-5-1)30-35-31(37-33(36-30)38-22-12-3-13-23-38)26-18-8-10-20-28(26)39-29-21-11-9-19-27(29)34-32(39)25-16-6-2-7-17-25/h1-23H/q+1. The summed E-state index contributed by atoms with van der Waals surface area (Å²) in [5, 5.41) is 0. The zero-order valence-electron chi connectivity index (χ0n) is 21.0. The van der Waals surface area contributed by atoms with Crippen LogP contribution in [0.4, 0.5) is 0 Å². The van der Waals surface area contributed by atoms with Crippen LogP contribution in [0.3, 0.4) is 0 Å². The van der Waals surface area contributed by atoms with E-state index < -0.39 is 0 Å². The van der Waals surface area contributed by atoms with Gasteiger partial charge in [0.15, 0.2) is 0 Å². The van der Waals surface area contributed by atoms with E-state index in [2.05, 4.69) is 34.9 Å².